The Morgan fingerprint density at radius 2 is 1.69 bits per heavy atom. The number of halogens is 1. The summed E-state index contributed by atoms with van der Waals surface area (Å²) in [4.78, 5) is 0.731. The molecule has 80 valence electrons. The molecule has 13 heavy (non-hydrogen) atoms. The predicted molar refractivity (Wildman–Crippen MR) is 65.5 cm³/mol. The highest BCUT2D eigenvalue weighted by atomic mass is 79.9. The molecular weight excluding hydrogens is 224 g/mol. The van der Waals surface area contributed by atoms with Crippen molar-refractivity contribution >= 4 is 15.9 Å². The zero-order valence-electron chi connectivity index (χ0n) is 9.86. The lowest BCUT2D eigenvalue weighted by atomic mass is 9.89. The summed E-state index contributed by atoms with van der Waals surface area (Å²) < 4.78 is 0. The molecule has 0 amide bonds. The van der Waals surface area contributed by atoms with Gasteiger partial charge in [-0.2, -0.15) is 0 Å². The number of rotatable bonds is 5. The summed E-state index contributed by atoms with van der Waals surface area (Å²) in [6.45, 7) is 11.5. The van der Waals surface area contributed by atoms with Crippen LogP contribution in [0.2, 0.25) is 0 Å². The highest BCUT2D eigenvalue weighted by Gasteiger charge is 2.12. The zero-order valence-corrected chi connectivity index (χ0v) is 11.4. The molecule has 0 aromatic rings. The van der Waals surface area contributed by atoms with E-state index in [0.29, 0.717) is 5.41 Å². The SMILES string of the molecule is CC(C)CC(Br)CCCC(C)(C)C. The lowest BCUT2D eigenvalue weighted by Gasteiger charge is -2.19. The van der Waals surface area contributed by atoms with Gasteiger partial charge in [-0.1, -0.05) is 57.0 Å². The van der Waals surface area contributed by atoms with Crippen molar-refractivity contribution < 1.29 is 0 Å². The third-order valence-electron chi connectivity index (χ3n) is 2.17. The van der Waals surface area contributed by atoms with Gasteiger partial charge in [0.2, 0.25) is 0 Å². The molecule has 0 aliphatic carbocycles. The van der Waals surface area contributed by atoms with Crippen LogP contribution in [0.5, 0.6) is 0 Å². The van der Waals surface area contributed by atoms with Crippen LogP contribution in [0.4, 0.5) is 0 Å². The van der Waals surface area contributed by atoms with Gasteiger partial charge < -0.3 is 0 Å². The van der Waals surface area contributed by atoms with E-state index in [1.54, 1.807) is 0 Å². The molecule has 0 aromatic carbocycles. The van der Waals surface area contributed by atoms with Crippen molar-refractivity contribution in [3.8, 4) is 0 Å². The van der Waals surface area contributed by atoms with Crippen LogP contribution >= 0.6 is 15.9 Å². The van der Waals surface area contributed by atoms with Crippen molar-refractivity contribution in [2.45, 2.75) is 65.1 Å². The first-order valence-electron chi connectivity index (χ1n) is 5.45. The normalized spacial score (nSPS) is 15.0. The maximum Gasteiger partial charge on any atom is 0.0148 e. The topological polar surface area (TPSA) is 0 Å². The predicted octanol–water partition coefficient (Wildman–Crippen LogP) is 5.01. The van der Waals surface area contributed by atoms with Crippen LogP contribution in [-0.4, -0.2) is 4.83 Å². The molecule has 1 heteroatoms. The van der Waals surface area contributed by atoms with Crippen LogP contribution in [0, 0.1) is 11.3 Å². The van der Waals surface area contributed by atoms with Gasteiger partial charge in [-0.15, -0.1) is 0 Å². The molecule has 0 aromatic heterocycles. The molecule has 0 radical (unpaired) electrons. The Kier molecular flexibility index (Phi) is 6.28. The Balaban J connectivity index is 3.42. The second kappa shape index (κ2) is 6.06. The molecule has 0 heterocycles. The summed E-state index contributed by atoms with van der Waals surface area (Å²) >= 11 is 3.75. The van der Waals surface area contributed by atoms with Gasteiger partial charge in [0, 0.05) is 4.83 Å². The maximum absolute atomic E-state index is 3.75. The van der Waals surface area contributed by atoms with Gasteiger partial charge >= 0.3 is 0 Å². The first kappa shape index (κ1) is 13.5. The average molecular weight is 249 g/mol. The van der Waals surface area contributed by atoms with E-state index in [4.69, 9.17) is 0 Å². The highest BCUT2D eigenvalue weighted by molar-refractivity contribution is 9.09. The Bertz CT molecular complexity index is 122. The van der Waals surface area contributed by atoms with Crippen molar-refractivity contribution in [3.63, 3.8) is 0 Å². The van der Waals surface area contributed by atoms with Crippen LogP contribution in [0.15, 0.2) is 0 Å². The molecule has 1 atom stereocenters. The molecule has 0 saturated heterocycles. The van der Waals surface area contributed by atoms with E-state index in [2.05, 4.69) is 50.5 Å². The molecule has 0 bridgehead atoms. The van der Waals surface area contributed by atoms with Gasteiger partial charge in [-0.05, 0) is 30.6 Å². The van der Waals surface area contributed by atoms with Crippen LogP contribution in [0.3, 0.4) is 0 Å². The van der Waals surface area contributed by atoms with Gasteiger partial charge in [0.25, 0.3) is 0 Å². The quantitative estimate of drug-likeness (QED) is 0.600. The van der Waals surface area contributed by atoms with E-state index in [-0.39, 0.29) is 0 Å². The van der Waals surface area contributed by atoms with Crippen molar-refractivity contribution in [2.75, 3.05) is 0 Å². The van der Waals surface area contributed by atoms with E-state index < -0.39 is 0 Å². The standard InChI is InChI=1S/C12H25Br/c1-10(2)9-11(13)7-6-8-12(3,4)5/h10-11H,6-9H2,1-5H3. The number of alkyl halides is 1. The summed E-state index contributed by atoms with van der Waals surface area (Å²) in [7, 11) is 0. The first-order chi connectivity index (χ1) is 5.81. The fourth-order valence-corrected chi connectivity index (χ4v) is 2.55. The largest absolute Gasteiger partial charge is 0.0891 e. The summed E-state index contributed by atoms with van der Waals surface area (Å²) in [6.07, 6.45) is 5.33. The Labute approximate surface area is 92.6 Å². The molecule has 0 aliphatic rings. The molecule has 0 nitrogen and oxygen atoms in total. The summed E-state index contributed by atoms with van der Waals surface area (Å²) in [5.41, 5.74) is 0.505. The van der Waals surface area contributed by atoms with Crippen molar-refractivity contribution in [2.24, 2.45) is 11.3 Å². The van der Waals surface area contributed by atoms with E-state index in [1.807, 2.05) is 0 Å². The van der Waals surface area contributed by atoms with Gasteiger partial charge in [0.1, 0.15) is 0 Å². The minimum absolute atomic E-state index is 0.505. The third-order valence-corrected chi connectivity index (χ3v) is 3.00. The van der Waals surface area contributed by atoms with Gasteiger partial charge in [0.05, 0.1) is 0 Å². The van der Waals surface area contributed by atoms with Gasteiger partial charge in [0.15, 0.2) is 0 Å². The van der Waals surface area contributed by atoms with Gasteiger partial charge in [-0.25, -0.2) is 0 Å². The van der Waals surface area contributed by atoms with Crippen LogP contribution < -0.4 is 0 Å². The first-order valence-corrected chi connectivity index (χ1v) is 6.37. The van der Waals surface area contributed by atoms with E-state index >= 15 is 0 Å². The minimum atomic E-state index is 0.505. The summed E-state index contributed by atoms with van der Waals surface area (Å²) in [5.74, 6) is 0.819. The molecule has 0 saturated carbocycles. The highest BCUT2D eigenvalue weighted by Crippen LogP contribution is 2.25. The van der Waals surface area contributed by atoms with E-state index in [9.17, 15) is 0 Å². The smallest absolute Gasteiger partial charge is 0.0148 e. The van der Waals surface area contributed by atoms with E-state index in [1.165, 1.54) is 25.7 Å². The molecule has 0 spiro atoms. The minimum Gasteiger partial charge on any atom is -0.0891 e. The van der Waals surface area contributed by atoms with Crippen molar-refractivity contribution in [1.29, 1.82) is 0 Å². The maximum atomic E-state index is 3.75. The summed E-state index contributed by atoms with van der Waals surface area (Å²) in [5, 5.41) is 0. The zero-order chi connectivity index (χ0) is 10.5. The van der Waals surface area contributed by atoms with Crippen LogP contribution in [0.1, 0.15) is 60.3 Å². The Morgan fingerprint density at radius 3 is 2.08 bits per heavy atom. The Hall–Kier alpha value is 0.480. The van der Waals surface area contributed by atoms with Crippen molar-refractivity contribution in [1.82, 2.24) is 0 Å². The average Bonchev–Trinajstić information content (AvgIpc) is 1.81. The van der Waals surface area contributed by atoms with E-state index in [0.717, 1.165) is 10.7 Å². The molecule has 0 rings (SSSR count). The van der Waals surface area contributed by atoms with Crippen LogP contribution in [0.25, 0.3) is 0 Å². The molecule has 0 fully saturated rings. The monoisotopic (exact) mass is 248 g/mol. The fourth-order valence-electron chi connectivity index (χ4n) is 1.48. The van der Waals surface area contributed by atoms with Crippen LogP contribution in [-0.2, 0) is 0 Å². The lowest BCUT2D eigenvalue weighted by Crippen LogP contribution is -2.07. The fraction of sp³-hybridized carbons (Fsp3) is 1.00. The second-order valence-corrected chi connectivity index (χ2v) is 6.97. The number of hydrogen-bond donors (Lipinski definition) is 0. The third kappa shape index (κ3) is 10.4. The lowest BCUT2D eigenvalue weighted by molar-refractivity contribution is 0.356. The number of hydrogen-bond acceptors (Lipinski definition) is 0. The molecule has 1 unspecified atom stereocenters. The molecule has 0 aliphatic heterocycles. The molecule has 0 N–H and O–H groups in total. The second-order valence-electron chi connectivity index (χ2n) is 5.68. The summed E-state index contributed by atoms with van der Waals surface area (Å²) in [6, 6.07) is 0. The van der Waals surface area contributed by atoms with Gasteiger partial charge in [-0.3, -0.25) is 0 Å². The van der Waals surface area contributed by atoms with Crippen molar-refractivity contribution in [3.05, 3.63) is 0 Å². The Morgan fingerprint density at radius 1 is 1.15 bits per heavy atom. The molecular formula is C12H25Br.